The van der Waals surface area contributed by atoms with Gasteiger partial charge < -0.3 is 19.7 Å². The van der Waals surface area contributed by atoms with Gasteiger partial charge in [0.2, 0.25) is 11.8 Å². The molecule has 3 amide bonds. The van der Waals surface area contributed by atoms with Crippen LogP contribution in [0.3, 0.4) is 0 Å². The molecule has 1 aromatic rings. The molecule has 35 heavy (non-hydrogen) atoms. The molecule has 8 heteroatoms. The van der Waals surface area contributed by atoms with Crippen molar-refractivity contribution in [3.05, 3.63) is 35.4 Å². The minimum absolute atomic E-state index is 0.0215. The highest BCUT2D eigenvalue weighted by Crippen LogP contribution is 2.39. The zero-order valence-electron chi connectivity index (χ0n) is 21.5. The Balaban J connectivity index is 1.52. The van der Waals surface area contributed by atoms with Gasteiger partial charge in [-0.25, -0.2) is 0 Å². The van der Waals surface area contributed by atoms with Crippen LogP contribution in [0.5, 0.6) is 0 Å². The number of aryl methyl sites for hydroxylation is 1. The molecular formula is C27H39N3O5. The summed E-state index contributed by atoms with van der Waals surface area (Å²) in [6.07, 6.45) is 3.38. The summed E-state index contributed by atoms with van der Waals surface area (Å²) < 4.78 is 11.9. The lowest BCUT2D eigenvalue weighted by Gasteiger charge is -2.45. The van der Waals surface area contributed by atoms with Gasteiger partial charge in [0.25, 0.3) is 5.91 Å². The van der Waals surface area contributed by atoms with Crippen molar-refractivity contribution in [1.29, 1.82) is 0 Å². The molecule has 0 unspecified atom stereocenters. The average Bonchev–Trinajstić information content (AvgIpc) is 3.45. The van der Waals surface area contributed by atoms with Crippen LogP contribution in [0, 0.1) is 12.3 Å². The number of carbonyl (C=O) groups is 3. The molecule has 0 radical (unpaired) electrons. The van der Waals surface area contributed by atoms with E-state index in [-0.39, 0.29) is 35.8 Å². The van der Waals surface area contributed by atoms with Gasteiger partial charge >= 0.3 is 0 Å². The van der Waals surface area contributed by atoms with Crippen molar-refractivity contribution in [2.45, 2.75) is 77.7 Å². The largest absolute Gasteiger partial charge is 0.376 e. The van der Waals surface area contributed by atoms with E-state index >= 15 is 0 Å². The smallest absolute Gasteiger partial charge is 0.256 e. The number of nitrogens with zero attached hydrogens (tertiary/aromatic N) is 2. The van der Waals surface area contributed by atoms with Gasteiger partial charge in [0.1, 0.15) is 11.8 Å². The molecule has 1 spiro atoms. The van der Waals surface area contributed by atoms with E-state index in [1.165, 1.54) is 0 Å². The van der Waals surface area contributed by atoms with Gasteiger partial charge in [0.05, 0.1) is 12.7 Å². The van der Waals surface area contributed by atoms with E-state index in [1.54, 1.807) is 11.0 Å². The summed E-state index contributed by atoms with van der Waals surface area (Å²) >= 11 is 0. The number of hydrogen-bond acceptors (Lipinski definition) is 5. The van der Waals surface area contributed by atoms with Crippen molar-refractivity contribution < 1.29 is 23.9 Å². The van der Waals surface area contributed by atoms with Crippen LogP contribution in [0.15, 0.2) is 24.3 Å². The third-order valence-corrected chi connectivity index (χ3v) is 7.15. The number of piperidine rings is 1. The lowest BCUT2D eigenvalue weighted by atomic mass is 9.90. The summed E-state index contributed by atoms with van der Waals surface area (Å²) in [6, 6.07) is 6.70. The molecule has 8 nitrogen and oxygen atoms in total. The number of nitrogens with one attached hydrogen (secondary N) is 1. The van der Waals surface area contributed by atoms with E-state index < -0.39 is 11.8 Å². The zero-order chi connectivity index (χ0) is 25.2. The van der Waals surface area contributed by atoms with Gasteiger partial charge in [-0.15, -0.1) is 0 Å². The van der Waals surface area contributed by atoms with Crippen LogP contribution in [0.4, 0.5) is 0 Å². The molecule has 3 aliphatic rings. The summed E-state index contributed by atoms with van der Waals surface area (Å²) in [6.45, 7) is 10.4. The average molecular weight is 486 g/mol. The molecule has 3 saturated heterocycles. The standard InChI is InChI=1S/C27H39N3O5/c1-19-7-5-8-20(15-19)25(33)30-22(24(32)28-17-21-9-6-14-34-21)18-35-27(30)10-12-29(13-11-27)23(31)16-26(2,3)4/h5,7-8,15,21-22H,6,9-14,16-18H2,1-4H3,(H,28,32)/t21-,22-/m1/s1. The lowest BCUT2D eigenvalue weighted by Crippen LogP contribution is -2.60. The maximum absolute atomic E-state index is 13.8. The Morgan fingerprint density at radius 3 is 2.54 bits per heavy atom. The van der Waals surface area contributed by atoms with Crippen LogP contribution in [0.2, 0.25) is 0 Å². The first-order chi connectivity index (χ1) is 16.6. The van der Waals surface area contributed by atoms with E-state index in [1.807, 2.05) is 30.0 Å². The minimum Gasteiger partial charge on any atom is -0.376 e. The van der Waals surface area contributed by atoms with Crippen molar-refractivity contribution >= 4 is 17.7 Å². The monoisotopic (exact) mass is 485 g/mol. The van der Waals surface area contributed by atoms with Gasteiger partial charge in [-0.1, -0.05) is 38.5 Å². The predicted molar refractivity (Wildman–Crippen MR) is 132 cm³/mol. The van der Waals surface area contributed by atoms with Crippen molar-refractivity contribution in [2.75, 3.05) is 32.8 Å². The topological polar surface area (TPSA) is 88.2 Å². The van der Waals surface area contributed by atoms with Crippen LogP contribution >= 0.6 is 0 Å². The highest BCUT2D eigenvalue weighted by atomic mass is 16.5. The highest BCUT2D eigenvalue weighted by Gasteiger charge is 2.54. The SMILES string of the molecule is Cc1cccc(C(=O)N2[C@@H](C(=O)NC[C@H]3CCCO3)COC23CCN(C(=O)CC(C)(C)C)CC3)c1. The molecule has 1 aromatic carbocycles. The second-order valence-electron chi connectivity index (χ2n) is 11.3. The number of amides is 3. The molecule has 0 saturated carbocycles. The number of hydrogen-bond donors (Lipinski definition) is 1. The molecule has 0 aliphatic carbocycles. The summed E-state index contributed by atoms with van der Waals surface area (Å²) in [4.78, 5) is 43.4. The second-order valence-corrected chi connectivity index (χ2v) is 11.3. The first-order valence-corrected chi connectivity index (χ1v) is 12.8. The van der Waals surface area contributed by atoms with E-state index in [9.17, 15) is 14.4 Å². The molecule has 192 valence electrons. The Morgan fingerprint density at radius 2 is 1.91 bits per heavy atom. The molecule has 2 atom stereocenters. The number of benzene rings is 1. The van der Waals surface area contributed by atoms with Crippen LogP contribution < -0.4 is 5.32 Å². The fourth-order valence-electron chi connectivity index (χ4n) is 5.29. The van der Waals surface area contributed by atoms with Crippen molar-refractivity contribution in [2.24, 2.45) is 5.41 Å². The van der Waals surface area contributed by atoms with Crippen molar-refractivity contribution in [3.63, 3.8) is 0 Å². The normalized spacial score (nSPS) is 24.1. The summed E-state index contributed by atoms with van der Waals surface area (Å²) in [5.74, 6) is -0.310. The van der Waals surface area contributed by atoms with Crippen LogP contribution in [0.1, 0.15) is 68.8 Å². The summed E-state index contributed by atoms with van der Waals surface area (Å²) in [5.41, 5.74) is 0.533. The molecule has 3 aliphatic heterocycles. The molecule has 1 N–H and O–H groups in total. The Labute approximate surface area is 208 Å². The quantitative estimate of drug-likeness (QED) is 0.693. The van der Waals surface area contributed by atoms with Crippen molar-refractivity contribution in [3.8, 4) is 0 Å². The zero-order valence-corrected chi connectivity index (χ0v) is 21.5. The second kappa shape index (κ2) is 10.3. The van der Waals surface area contributed by atoms with Gasteiger partial charge in [-0.2, -0.15) is 0 Å². The summed E-state index contributed by atoms with van der Waals surface area (Å²) in [5, 5.41) is 2.99. The number of rotatable bonds is 5. The Morgan fingerprint density at radius 1 is 1.17 bits per heavy atom. The molecule has 3 heterocycles. The molecule has 0 aromatic heterocycles. The van der Waals surface area contributed by atoms with Gasteiger partial charge in [-0.05, 0) is 37.3 Å². The molecular weight excluding hydrogens is 446 g/mol. The number of likely N-dealkylation sites (tertiary alicyclic amines) is 1. The van der Waals surface area contributed by atoms with Gasteiger partial charge in [-0.3, -0.25) is 19.3 Å². The molecule has 4 rings (SSSR count). The maximum Gasteiger partial charge on any atom is 0.256 e. The summed E-state index contributed by atoms with van der Waals surface area (Å²) in [7, 11) is 0. The Kier molecular flexibility index (Phi) is 7.52. The Hall–Kier alpha value is -2.45. The number of ether oxygens (including phenoxy) is 2. The minimum atomic E-state index is -0.898. The molecule has 0 bridgehead atoms. The number of carbonyl (C=O) groups excluding carboxylic acids is 3. The fourth-order valence-corrected chi connectivity index (χ4v) is 5.29. The third kappa shape index (κ3) is 5.86. The fraction of sp³-hybridized carbons (Fsp3) is 0.667. The van der Waals surface area contributed by atoms with E-state index in [0.29, 0.717) is 44.5 Å². The van der Waals surface area contributed by atoms with Crippen LogP contribution in [-0.4, -0.2) is 78.2 Å². The van der Waals surface area contributed by atoms with Crippen LogP contribution in [0.25, 0.3) is 0 Å². The molecule has 3 fully saturated rings. The maximum atomic E-state index is 13.8. The van der Waals surface area contributed by atoms with Gasteiger partial charge in [0.15, 0.2) is 0 Å². The van der Waals surface area contributed by atoms with E-state index in [2.05, 4.69) is 26.1 Å². The lowest BCUT2D eigenvalue weighted by molar-refractivity contribution is -0.145. The van der Waals surface area contributed by atoms with E-state index in [4.69, 9.17) is 9.47 Å². The van der Waals surface area contributed by atoms with Gasteiger partial charge in [0, 0.05) is 51.1 Å². The van der Waals surface area contributed by atoms with E-state index in [0.717, 1.165) is 25.0 Å². The first kappa shape index (κ1) is 25.6. The van der Waals surface area contributed by atoms with Crippen LogP contribution in [-0.2, 0) is 19.1 Å². The highest BCUT2D eigenvalue weighted by molar-refractivity contribution is 5.98. The predicted octanol–water partition coefficient (Wildman–Crippen LogP) is 2.89. The van der Waals surface area contributed by atoms with Crippen molar-refractivity contribution in [1.82, 2.24) is 15.1 Å². The third-order valence-electron chi connectivity index (χ3n) is 7.15. The first-order valence-electron chi connectivity index (χ1n) is 12.8. The Bertz CT molecular complexity index is 942.